The summed E-state index contributed by atoms with van der Waals surface area (Å²) >= 11 is 5.10. The molecule has 1 aromatic carbocycles. The Morgan fingerprint density at radius 1 is 1.19 bits per heavy atom. The van der Waals surface area contributed by atoms with E-state index in [0.29, 0.717) is 0 Å². The van der Waals surface area contributed by atoms with Crippen LogP contribution >= 0.6 is 27.7 Å². The van der Waals surface area contributed by atoms with Gasteiger partial charge < -0.3 is 4.74 Å². The fourth-order valence-corrected chi connectivity index (χ4v) is 1.96. The molecular formula is C12H10BrNOS. The van der Waals surface area contributed by atoms with Crippen molar-refractivity contribution < 1.29 is 4.74 Å². The summed E-state index contributed by atoms with van der Waals surface area (Å²) in [5, 5.41) is 0. The van der Waals surface area contributed by atoms with Gasteiger partial charge in [-0.15, -0.1) is 11.8 Å². The molecule has 0 amide bonds. The Morgan fingerprint density at radius 3 is 2.56 bits per heavy atom. The third kappa shape index (κ3) is 2.77. The molecule has 0 saturated heterocycles. The minimum Gasteiger partial charge on any atom is -0.456 e. The highest BCUT2D eigenvalue weighted by Gasteiger charge is 2.01. The predicted octanol–water partition coefficient (Wildman–Crippen LogP) is 4.36. The summed E-state index contributed by atoms with van der Waals surface area (Å²) in [7, 11) is 0. The normalized spacial score (nSPS) is 10.1. The first-order chi connectivity index (χ1) is 7.79. The first-order valence-corrected chi connectivity index (χ1v) is 6.73. The van der Waals surface area contributed by atoms with Crippen LogP contribution in [0.15, 0.2) is 52.1 Å². The Hall–Kier alpha value is -1.000. The second kappa shape index (κ2) is 5.37. The van der Waals surface area contributed by atoms with Gasteiger partial charge in [0, 0.05) is 23.4 Å². The summed E-state index contributed by atoms with van der Waals surface area (Å²) in [6.45, 7) is 0. The van der Waals surface area contributed by atoms with E-state index in [1.807, 2.05) is 30.3 Å². The van der Waals surface area contributed by atoms with Gasteiger partial charge in [0.15, 0.2) is 0 Å². The zero-order valence-corrected chi connectivity index (χ0v) is 11.1. The molecular weight excluding hydrogens is 286 g/mol. The van der Waals surface area contributed by atoms with E-state index in [1.54, 1.807) is 24.2 Å². The monoisotopic (exact) mass is 295 g/mol. The van der Waals surface area contributed by atoms with Crippen molar-refractivity contribution in [2.24, 2.45) is 0 Å². The molecule has 0 aliphatic carbocycles. The van der Waals surface area contributed by atoms with Gasteiger partial charge in [-0.3, -0.25) is 4.98 Å². The molecule has 1 aromatic heterocycles. The summed E-state index contributed by atoms with van der Waals surface area (Å²) < 4.78 is 6.56. The van der Waals surface area contributed by atoms with Crippen molar-refractivity contribution in [2.75, 3.05) is 6.26 Å². The molecule has 2 rings (SSSR count). The summed E-state index contributed by atoms with van der Waals surface area (Å²) in [5.41, 5.74) is 0. The van der Waals surface area contributed by atoms with Gasteiger partial charge in [0.25, 0.3) is 0 Å². The lowest BCUT2D eigenvalue weighted by atomic mass is 10.3. The van der Waals surface area contributed by atoms with Gasteiger partial charge in [0.05, 0.1) is 4.47 Å². The molecule has 2 aromatic rings. The van der Waals surface area contributed by atoms with Gasteiger partial charge in [0.1, 0.15) is 11.5 Å². The lowest BCUT2D eigenvalue weighted by Gasteiger charge is -2.07. The predicted molar refractivity (Wildman–Crippen MR) is 70.2 cm³/mol. The molecule has 0 fully saturated rings. The van der Waals surface area contributed by atoms with Crippen molar-refractivity contribution in [2.45, 2.75) is 4.90 Å². The lowest BCUT2D eigenvalue weighted by molar-refractivity contribution is 0.478. The van der Waals surface area contributed by atoms with Gasteiger partial charge in [0.2, 0.25) is 0 Å². The molecule has 0 radical (unpaired) electrons. The number of benzene rings is 1. The molecule has 0 unspecified atom stereocenters. The molecule has 0 bridgehead atoms. The highest BCUT2D eigenvalue weighted by atomic mass is 79.9. The second-order valence-electron chi connectivity index (χ2n) is 3.08. The second-order valence-corrected chi connectivity index (χ2v) is 4.82. The van der Waals surface area contributed by atoms with Crippen LogP contribution in [-0.4, -0.2) is 11.2 Å². The highest BCUT2D eigenvalue weighted by molar-refractivity contribution is 9.10. The van der Waals surface area contributed by atoms with Crippen LogP contribution in [0.25, 0.3) is 0 Å². The summed E-state index contributed by atoms with van der Waals surface area (Å²) in [5.74, 6) is 1.59. The maximum atomic E-state index is 5.71. The zero-order chi connectivity index (χ0) is 11.4. The number of pyridine rings is 1. The molecule has 0 N–H and O–H groups in total. The fraction of sp³-hybridized carbons (Fsp3) is 0.0833. The molecule has 1 heterocycles. The number of thioether (sulfide) groups is 1. The topological polar surface area (TPSA) is 22.1 Å². The fourth-order valence-electron chi connectivity index (χ4n) is 1.22. The highest BCUT2D eigenvalue weighted by Crippen LogP contribution is 2.29. The van der Waals surface area contributed by atoms with E-state index in [1.165, 1.54) is 4.90 Å². The van der Waals surface area contributed by atoms with Crippen LogP contribution in [0.2, 0.25) is 0 Å². The third-order valence-electron chi connectivity index (χ3n) is 2.02. The van der Waals surface area contributed by atoms with Gasteiger partial charge in [-0.25, -0.2) is 0 Å². The Kier molecular flexibility index (Phi) is 3.85. The van der Waals surface area contributed by atoms with Gasteiger partial charge >= 0.3 is 0 Å². The SMILES string of the molecule is CSc1ccc(Oc2ccncc2Br)cc1. The molecule has 0 saturated carbocycles. The number of aromatic nitrogens is 1. The van der Waals surface area contributed by atoms with E-state index < -0.39 is 0 Å². The quantitative estimate of drug-likeness (QED) is 0.786. The van der Waals surface area contributed by atoms with Crippen LogP contribution in [-0.2, 0) is 0 Å². The minimum absolute atomic E-state index is 0.770. The van der Waals surface area contributed by atoms with E-state index in [2.05, 4.69) is 27.2 Å². The Labute approximate surface area is 107 Å². The molecule has 0 spiro atoms. The maximum Gasteiger partial charge on any atom is 0.144 e. The van der Waals surface area contributed by atoms with E-state index in [-0.39, 0.29) is 0 Å². The number of hydrogen-bond donors (Lipinski definition) is 0. The first kappa shape index (κ1) is 11.5. The largest absolute Gasteiger partial charge is 0.456 e. The third-order valence-corrected chi connectivity index (χ3v) is 3.36. The maximum absolute atomic E-state index is 5.71. The Balaban J connectivity index is 2.18. The molecule has 0 atom stereocenters. The summed E-state index contributed by atoms with van der Waals surface area (Å²) in [4.78, 5) is 5.21. The molecule has 4 heteroatoms. The first-order valence-electron chi connectivity index (χ1n) is 4.71. The minimum atomic E-state index is 0.770. The van der Waals surface area contributed by atoms with Crippen LogP contribution in [0, 0.1) is 0 Å². The van der Waals surface area contributed by atoms with Gasteiger partial charge in [-0.2, -0.15) is 0 Å². The number of nitrogens with zero attached hydrogens (tertiary/aromatic N) is 1. The molecule has 16 heavy (non-hydrogen) atoms. The van der Waals surface area contributed by atoms with Crippen molar-refractivity contribution in [3.05, 3.63) is 47.2 Å². The van der Waals surface area contributed by atoms with E-state index in [9.17, 15) is 0 Å². The van der Waals surface area contributed by atoms with Crippen LogP contribution < -0.4 is 4.74 Å². The van der Waals surface area contributed by atoms with Crippen LogP contribution in [0.5, 0.6) is 11.5 Å². The van der Waals surface area contributed by atoms with Crippen LogP contribution in [0.4, 0.5) is 0 Å². The van der Waals surface area contributed by atoms with E-state index >= 15 is 0 Å². The molecule has 0 aliphatic heterocycles. The Morgan fingerprint density at radius 2 is 1.94 bits per heavy atom. The van der Waals surface area contributed by atoms with Crippen molar-refractivity contribution in [1.82, 2.24) is 4.98 Å². The summed E-state index contributed by atoms with van der Waals surface area (Å²) in [6.07, 6.45) is 5.47. The number of rotatable bonds is 3. The smallest absolute Gasteiger partial charge is 0.144 e. The lowest BCUT2D eigenvalue weighted by Crippen LogP contribution is -1.85. The average molecular weight is 296 g/mol. The average Bonchev–Trinajstić information content (AvgIpc) is 2.33. The molecule has 2 nitrogen and oxygen atoms in total. The van der Waals surface area contributed by atoms with Gasteiger partial charge in [-0.1, -0.05) is 0 Å². The van der Waals surface area contributed by atoms with Gasteiger partial charge in [-0.05, 0) is 46.5 Å². The molecule has 82 valence electrons. The molecule has 0 aliphatic rings. The van der Waals surface area contributed by atoms with E-state index in [0.717, 1.165) is 16.0 Å². The van der Waals surface area contributed by atoms with E-state index in [4.69, 9.17) is 4.74 Å². The van der Waals surface area contributed by atoms with Crippen LogP contribution in [0.3, 0.4) is 0 Å². The van der Waals surface area contributed by atoms with Crippen molar-refractivity contribution in [3.8, 4) is 11.5 Å². The van der Waals surface area contributed by atoms with Crippen molar-refractivity contribution >= 4 is 27.7 Å². The standard InChI is InChI=1S/C12H10BrNOS/c1-16-10-4-2-9(3-5-10)15-12-6-7-14-8-11(12)13/h2-8H,1H3. The van der Waals surface area contributed by atoms with Crippen LogP contribution in [0.1, 0.15) is 0 Å². The zero-order valence-electron chi connectivity index (χ0n) is 8.68. The number of ether oxygens (including phenoxy) is 1. The Bertz CT molecular complexity index is 473. The number of hydrogen-bond acceptors (Lipinski definition) is 3. The number of halogens is 1. The van der Waals surface area contributed by atoms with Crippen molar-refractivity contribution in [1.29, 1.82) is 0 Å². The summed E-state index contributed by atoms with van der Waals surface area (Å²) in [6, 6.07) is 9.81. The van der Waals surface area contributed by atoms with Crippen molar-refractivity contribution in [3.63, 3.8) is 0 Å².